The fourth-order valence-corrected chi connectivity index (χ4v) is 1.99. The van der Waals surface area contributed by atoms with Gasteiger partial charge in [-0.3, -0.25) is 0 Å². The zero-order chi connectivity index (χ0) is 13.8. The Morgan fingerprint density at radius 1 is 1.39 bits per heavy atom. The maximum atomic E-state index is 5.47. The van der Waals surface area contributed by atoms with Crippen LogP contribution < -0.4 is 5.32 Å². The number of ether oxygens (including phenoxy) is 1. The number of hydrogen-bond donors (Lipinski definition) is 1. The number of rotatable bonds is 6. The molecule has 0 radical (unpaired) electrons. The van der Waals surface area contributed by atoms with Crippen LogP contribution in [0.1, 0.15) is 52.4 Å². The van der Waals surface area contributed by atoms with E-state index >= 15 is 0 Å². The molecule has 0 saturated heterocycles. The lowest BCUT2D eigenvalue weighted by molar-refractivity contribution is 0.00718. The molecule has 0 bridgehead atoms. The van der Waals surface area contributed by atoms with Crippen molar-refractivity contribution in [3.05, 3.63) is 11.7 Å². The molecule has 104 valence electrons. The smallest absolute Gasteiger partial charge is 0.228 e. The third-order valence-electron chi connectivity index (χ3n) is 2.77. The van der Waals surface area contributed by atoms with E-state index in [0.29, 0.717) is 17.8 Å². The summed E-state index contributed by atoms with van der Waals surface area (Å²) in [6, 6.07) is 0.332. The van der Waals surface area contributed by atoms with Crippen molar-refractivity contribution in [3.63, 3.8) is 0 Å². The van der Waals surface area contributed by atoms with E-state index in [9.17, 15) is 0 Å². The van der Waals surface area contributed by atoms with Gasteiger partial charge in [0.05, 0.1) is 0 Å². The summed E-state index contributed by atoms with van der Waals surface area (Å²) in [4.78, 5) is 4.43. The number of hydrogen-bond acceptors (Lipinski definition) is 5. The Balaban J connectivity index is 2.73. The van der Waals surface area contributed by atoms with Crippen molar-refractivity contribution in [3.8, 4) is 0 Å². The quantitative estimate of drug-likeness (QED) is 0.845. The second-order valence-corrected chi connectivity index (χ2v) is 5.69. The van der Waals surface area contributed by atoms with Gasteiger partial charge in [-0.15, -0.1) is 0 Å². The lowest BCUT2D eigenvalue weighted by Crippen LogP contribution is -2.27. The largest absolute Gasteiger partial charge is 0.373 e. The van der Waals surface area contributed by atoms with Crippen LogP contribution in [-0.2, 0) is 11.2 Å². The van der Waals surface area contributed by atoms with Gasteiger partial charge in [-0.25, -0.2) is 0 Å². The molecule has 2 unspecified atom stereocenters. The average molecular weight is 255 g/mol. The molecular weight excluding hydrogens is 230 g/mol. The Labute approximate surface area is 109 Å². The van der Waals surface area contributed by atoms with E-state index in [1.165, 1.54) is 0 Å². The Bertz CT molecular complexity index is 357. The topological polar surface area (TPSA) is 60.2 Å². The van der Waals surface area contributed by atoms with Crippen LogP contribution in [0.25, 0.3) is 0 Å². The van der Waals surface area contributed by atoms with Gasteiger partial charge in [0, 0.05) is 19.6 Å². The molecule has 1 N–H and O–H groups in total. The Hall–Kier alpha value is -0.940. The van der Waals surface area contributed by atoms with Crippen molar-refractivity contribution in [1.29, 1.82) is 0 Å². The Kier molecular flexibility index (Phi) is 5.28. The molecular formula is C13H25N3O2. The molecule has 0 spiro atoms. The summed E-state index contributed by atoms with van der Waals surface area (Å²) in [5.74, 6) is 1.29. The maximum Gasteiger partial charge on any atom is 0.228 e. The van der Waals surface area contributed by atoms with Crippen LogP contribution in [0, 0.1) is 5.41 Å². The number of nitrogens with zero attached hydrogens (tertiary/aromatic N) is 2. The lowest BCUT2D eigenvalue weighted by atomic mass is 9.88. The van der Waals surface area contributed by atoms with Gasteiger partial charge in [0.1, 0.15) is 6.10 Å². The van der Waals surface area contributed by atoms with Crippen LogP contribution in [0.2, 0.25) is 0 Å². The third kappa shape index (κ3) is 4.07. The number of aromatic nitrogens is 2. The van der Waals surface area contributed by atoms with Crippen LogP contribution in [0.3, 0.4) is 0 Å². The van der Waals surface area contributed by atoms with Crippen LogP contribution in [0.15, 0.2) is 4.52 Å². The maximum absolute atomic E-state index is 5.47. The third-order valence-corrected chi connectivity index (χ3v) is 2.77. The van der Waals surface area contributed by atoms with Crippen molar-refractivity contribution >= 4 is 0 Å². The summed E-state index contributed by atoms with van der Waals surface area (Å²) in [6.07, 6.45) is 0.589. The molecule has 5 heteroatoms. The van der Waals surface area contributed by atoms with E-state index in [1.54, 1.807) is 7.11 Å². The highest BCUT2D eigenvalue weighted by atomic mass is 16.5. The summed E-state index contributed by atoms with van der Waals surface area (Å²) in [7, 11) is 1.67. The van der Waals surface area contributed by atoms with Crippen molar-refractivity contribution in [2.24, 2.45) is 5.41 Å². The Morgan fingerprint density at radius 3 is 2.56 bits per heavy atom. The molecule has 0 fully saturated rings. The highest BCUT2D eigenvalue weighted by Crippen LogP contribution is 2.33. The van der Waals surface area contributed by atoms with Crippen LogP contribution >= 0.6 is 0 Å². The van der Waals surface area contributed by atoms with Crippen molar-refractivity contribution in [2.75, 3.05) is 13.7 Å². The zero-order valence-corrected chi connectivity index (χ0v) is 12.3. The van der Waals surface area contributed by atoms with Gasteiger partial charge < -0.3 is 14.6 Å². The predicted molar refractivity (Wildman–Crippen MR) is 70.3 cm³/mol. The Morgan fingerprint density at radius 2 is 2.06 bits per heavy atom. The molecule has 0 saturated carbocycles. The summed E-state index contributed by atoms with van der Waals surface area (Å²) < 4.78 is 10.7. The molecule has 1 heterocycles. The molecule has 0 aliphatic rings. The molecule has 1 aromatic rings. The molecule has 18 heavy (non-hydrogen) atoms. The van der Waals surface area contributed by atoms with Crippen molar-refractivity contribution in [1.82, 2.24) is 15.5 Å². The molecule has 5 nitrogen and oxygen atoms in total. The van der Waals surface area contributed by atoms with Crippen LogP contribution in [0.4, 0.5) is 0 Å². The second-order valence-electron chi connectivity index (χ2n) is 5.69. The van der Waals surface area contributed by atoms with Gasteiger partial charge >= 0.3 is 0 Å². The lowest BCUT2D eigenvalue weighted by Gasteiger charge is -2.26. The van der Waals surface area contributed by atoms with Gasteiger partial charge in [0.2, 0.25) is 11.7 Å². The first-order valence-electron chi connectivity index (χ1n) is 6.47. The summed E-state index contributed by atoms with van der Waals surface area (Å²) in [5.41, 5.74) is -0.0524. The van der Waals surface area contributed by atoms with E-state index in [-0.39, 0.29) is 11.5 Å². The van der Waals surface area contributed by atoms with E-state index in [1.807, 2.05) is 0 Å². The van der Waals surface area contributed by atoms with Gasteiger partial charge in [0.15, 0.2) is 0 Å². The van der Waals surface area contributed by atoms with E-state index in [4.69, 9.17) is 9.26 Å². The molecule has 2 atom stereocenters. The normalized spacial score (nSPS) is 15.7. The minimum Gasteiger partial charge on any atom is -0.373 e. The first-order chi connectivity index (χ1) is 8.38. The predicted octanol–water partition coefficient (Wildman–Crippen LogP) is 2.34. The first kappa shape index (κ1) is 15.1. The summed E-state index contributed by atoms with van der Waals surface area (Å²) >= 11 is 0. The van der Waals surface area contributed by atoms with Gasteiger partial charge in [-0.05, 0) is 18.9 Å². The zero-order valence-electron chi connectivity index (χ0n) is 12.3. The van der Waals surface area contributed by atoms with E-state index in [2.05, 4.69) is 50.1 Å². The molecule has 1 aromatic heterocycles. The van der Waals surface area contributed by atoms with Gasteiger partial charge in [0.25, 0.3) is 0 Å². The average Bonchev–Trinajstić information content (AvgIpc) is 2.65. The highest BCUT2D eigenvalue weighted by molar-refractivity contribution is 4.97. The van der Waals surface area contributed by atoms with Crippen LogP contribution in [-0.4, -0.2) is 29.8 Å². The van der Waals surface area contributed by atoms with Crippen molar-refractivity contribution < 1.29 is 9.26 Å². The number of methoxy groups -OCH3 is 1. The summed E-state index contributed by atoms with van der Waals surface area (Å²) in [6.45, 7) is 11.4. The molecule has 0 aliphatic heterocycles. The minimum absolute atomic E-state index is 0.0524. The molecule has 0 amide bonds. The minimum atomic E-state index is -0.149. The van der Waals surface area contributed by atoms with Gasteiger partial charge in [-0.1, -0.05) is 32.9 Å². The first-order valence-corrected chi connectivity index (χ1v) is 6.47. The van der Waals surface area contributed by atoms with Crippen molar-refractivity contribution in [2.45, 2.75) is 53.2 Å². The molecule has 0 aliphatic carbocycles. The second kappa shape index (κ2) is 6.29. The molecule has 1 rings (SSSR count). The standard InChI is InChI=1S/C13H25N3O2/c1-7-14-9(2)8-10-15-12(16-18-10)11(17-6)13(3,4)5/h9,11,14H,7-8H2,1-6H3. The highest BCUT2D eigenvalue weighted by Gasteiger charge is 2.30. The number of likely N-dealkylation sites (N-methyl/N-ethyl adjacent to an activating group) is 1. The monoisotopic (exact) mass is 255 g/mol. The van der Waals surface area contributed by atoms with E-state index < -0.39 is 0 Å². The fraction of sp³-hybridized carbons (Fsp3) is 0.846. The number of nitrogens with one attached hydrogen (secondary N) is 1. The fourth-order valence-electron chi connectivity index (χ4n) is 1.99. The SMILES string of the molecule is CCNC(C)Cc1nc(C(OC)C(C)(C)C)no1. The summed E-state index contributed by atoms with van der Waals surface area (Å²) in [5, 5.41) is 7.35. The molecule has 0 aromatic carbocycles. The van der Waals surface area contributed by atoms with Crippen LogP contribution in [0.5, 0.6) is 0 Å². The van der Waals surface area contributed by atoms with E-state index in [0.717, 1.165) is 13.0 Å². The van der Waals surface area contributed by atoms with Gasteiger partial charge in [-0.2, -0.15) is 4.98 Å².